The number of rotatable bonds is 13. The fraction of sp³-hybridized carbons (Fsp3) is 0.467. The van der Waals surface area contributed by atoms with Gasteiger partial charge in [-0.15, -0.1) is 17.0 Å². The van der Waals surface area contributed by atoms with Gasteiger partial charge in [-0.3, -0.25) is 19.8 Å². The Kier molecular flexibility index (Phi) is 11.8. The Balaban J connectivity index is 0.00000588. The average molecular weight is 634 g/mol. The summed E-state index contributed by atoms with van der Waals surface area (Å²) >= 11 is 0. The van der Waals surface area contributed by atoms with E-state index in [0.29, 0.717) is 53.5 Å². The molecule has 0 bridgehead atoms. The Bertz CT molecular complexity index is 1300. The number of likely N-dealkylation sites (N-methyl/N-ethyl adjacent to an activating group) is 1. The summed E-state index contributed by atoms with van der Waals surface area (Å²) in [5.74, 6) is 1.08. The average Bonchev–Trinajstić information content (AvgIpc) is 3.19. The number of ketones is 1. The number of amides is 2. The van der Waals surface area contributed by atoms with Crippen LogP contribution < -0.4 is 25.3 Å². The van der Waals surface area contributed by atoms with Crippen LogP contribution in [0.3, 0.4) is 0 Å². The predicted molar refractivity (Wildman–Crippen MR) is 163 cm³/mol. The molecule has 0 unspecified atom stereocenters. The maximum Gasteiger partial charge on any atom is 0.224 e. The van der Waals surface area contributed by atoms with Gasteiger partial charge in [0.05, 0.1) is 33.3 Å². The Hall–Kier alpha value is -3.60. The number of fused-ring (bicyclic) bond motifs is 1. The molecule has 0 saturated heterocycles. The van der Waals surface area contributed by atoms with Crippen LogP contribution >= 0.6 is 17.0 Å². The van der Waals surface area contributed by atoms with Crippen molar-refractivity contribution in [2.45, 2.75) is 58.9 Å². The molecule has 1 aliphatic heterocycles. The highest BCUT2D eigenvalue weighted by molar-refractivity contribution is 8.93. The molecule has 2 aromatic carbocycles. The molecule has 3 rings (SSSR count). The van der Waals surface area contributed by atoms with Crippen molar-refractivity contribution in [3.05, 3.63) is 52.1 Å². The highest BCUT2D eigenvalue weighted by Crippen LogP contribution is 2.40. The second kappa shape index (κ2) is 14.3. The number of methoxy groups -OCH3 is 1. The van der Waals surface area contributed by atoms with Crippen LogP contribution in [0.25, 0.3) is 0 Å². The first-order valence-electron chi connectivity index (χ1n) is 13.4. The van der Waals surface area contributed by atoms with E-state index in [4.69, 9.17) is 25.4 Å². The van der Waals surface area contributed by atoms with Crippen molar-refractivity contribution in [3.63, 3.8) is 0 Å². The molecule has 0 spiro atoms. The van der Waals surface area contributed by atoms with Gasteiger partial charge in [0.1, 0.15) is 11.6 Å². The van der Waals surface area contributed by atoms with E-state index in [1.165, 1.54) is 7.11 Å². The van der Waals surface area contributed by atoms with Crippen molar-refractivity contribution >= 4 is 40.4 Å². The van der Waals surface area contributed by atoms with Crippen LogP contribution in [0.5, 0.6) is 17.2 Å². The van der Waals surface area contributed by atoms with Crippen LogP contribution in [0.15, 0.2) is 24.3 Å². The topological polar surface area (TPSA) is 144 Å². The van der Waals surface area contributed by atoms with Gasteiger partial charge in [-0.25, -0.2) is 0 Å². The lowest BCUT2D eigenvalue weighted by Gasteiger charge is -2.26. The third kappa shape index (κ3) is 8.22. The van der Waals surface area contributed by atoms with E-state index >= 15 is 0 Å². The maximum atomic E-state index is 13.5. The van der Waals surface area contributed by atoms with E-state index < -0.39 is 0 Å². The lowest BCUT2D eigenvalue weighted by atomic mass is 9.84. The first-order valence-corrected chi connectivity index (χ1v) is 13.4. The molecule has 0 atom stereocenters. The lowest BCUT2D eigenvalue weighted by Crippen LogP contribution is -2.30. The van der Waals surface area contributed by atoms with Crippen molar-refractivity contribution in [1.82, 2.24) is 10.2 Å². The predicted octanol–water partition coefficient (Wildman–Crippen LogP) is 3.93. The van der Waals surface area contributed by atoms with Gasteiger partial charge in [0.15, 0.2) is 17.3 Å². The second-order valence-electron chi connectivity index (χ2n) is 10.8. The molecule has 0 aliphatic carbocycles. The summed E-state index contributed by atoms with van der Waals surface area (Å²) in [6.07, 6.45) is 0.821. The number of hydrogen-bond donors (Lipinski definition) is 3. The summed E-state index contributed by atoms with van der Waals surface area (Å²) in [5, 5.41) is 11.4. The van der Waals surface area contributed by atoms with Crippen molar-refractivity contribution in [2.75, 3.05) is 33.9 Å². The molecule has 2 amide bonds. The smallest absolute Gasteiger partial charge is 0.224 e. The molecule has 2 aromatic rings. The van der Waals surface area contributed by atoms with Crippen LogP contribution in [-0.2, 0) is 28.0 Å². The number of benzene rings is 2. The largest absolute Gasteiger partial charge is 0.494 e. The van der Waals surface area contributed by atoms with E-state index in [9.17, 15) is 14.4 Å². The van der Waals surface area contributed by atoms with E-state index in [2.05, 4.69) is 5.32 Å². The molecule has 0 fully saturated rings. The third-order valence-corrected chi connectivity index (χ3v) is 6.70. The summed E-state index contributed by atoms with van der Waals surface area (Å²) in [6, 6.07) is 7.15. The first kappa shape index (κ1) is 33.6. The summed E-state index contributed by atoms with van der Waals surface area (Å²) in [5.41, 5.74) is 8.38. The van der Waals surface area contributed by atoms with Gasteiger partial charge in [0.2, 0.25) is 11.8 Å². The van der Waals surface area contributed by atoms with E-state index in [0.717, 1.165) is 11.1 Å². The Morgan fingerprint density at radius 2 is 1.80 bits per heavy atom. The highest BCUT2D eigenvalue weighted by Gasteiger charge is 2.30. The standard InChI is InChI=1S/C30H40N4O6.BrH/c1-7-39-24-14-20-16-34(29(32)21(20)11-19(24)15-27(37)33-5)17-23(35)18-12-22(30(2,3)4)28(25(13-18)38-6)40-10-8-9-26(31)36;/h11-14,32H,7-10,15-17H2,1-6H3,(H2,31,36)(H,33,37);1H. The normalized spacial score (nSPS) is 12.3. The minimum Gasteiger partial charge on any atom is -0.494 e. The molecule has 4 N–H and O–H groups in total. The zero-order chi connectivity index (χ0) is 29.6. The number of carbonyl (C=O) groups excluding carboxylic acids is 3. The lowest BCUT2D eigenvalue weighted by molar-refractivity contribution is -0.120. The number of amidine groups is 1. The molecule has 0 aromatic heterocycles. The van der Waals surface area contributed by atoms with E-state index in [1.807, 2.05) is 45.9 Å². The molecule has 224 valence electrons. The Morgan fingerprint density at radius 1 is 1.10 bits per heavy atom. The molecular formula is C30H41BrN4O6. The number of nitrogens with zero attached hydrogens (tertiary/aromatic N) is 1. The zero-order valence-corrected chi connectivity index (χ0v) is 26.4. The molecule has 1 aliphatic rings. The van der Waals surface area contributed by atoms with Gasteiger partial charge in [0.25, 0.3) is 0 Å². The minimum absolute atomic E-state index is 0. The Labute approximate surface area is 252 Å². The van der Waals surface area contributed by atoms with Gasteiger partial charge in [-0.1, -0.05) is 20.8 Å². The summed E-state index contributed by atoms with van der Waals surface area (Å²) in [7, 11) is 3.10. The number of nitrogens with two attached hydrogens (primary N) is 1. The molecule has 41 heavy (non-hydrogen) atoms. The van der Waals surface area contributed by atoms with Crippen LogP contribution in [-0.4, -0.2) is 62.2 Å². The van der Waals surface area contributed by atoms with Gasteiger partial charge in [-0.2, -0.15) is 0 Å². The van der Waals surface area contributed by atoms with Crippen molar-refractivity contribution in [1.29, 1.82) is 5.41 Å². The first-order chi connectivity index (χ1) is 18.9. The zero-order valence-electron chi connectivity index (χ0n) is 24.6. The van der Waals surface area contributed by atoms with Gasteiger partial charge >= 0.3 is 0 Å². The van der Waals surface area contributed by atoms with Crippen molar-refractivity contribution in [3.8, 4) is 17.2 Å². The molecular weight excluding hydrogens is 592 g/mol. The fourth-order valence-corrected chi connectivity index (χ4v) is 4.60. The minimum atomic E-state index is -0.390. The van der Waals surface area contributed by atoms with Crippen molar-refractivity contribution in [2.24, 2.45) is 5.73 Å². The SMILES string of the molecule is Br.CCOc1cc2c(cc1CC(=O)NC)C(=N)N(CC(=O)c1cc(OC)c(OCCCC(N)=O)c(C(C)(C)C)c1)C2. The van der Waals surface area contributed by atoms with Crippen LogP contribution in [0.4, 0.5) is 0 Å². The molecule has 1 heterocycles. The van der Waals surface area contributed by atoms with Crippen LogP contribution in [0.1, 0.15) is 73.1 Å². The number of carbonyl (C=O) groups is 3. The maximum absolute atomic E-state index is 13.5. The summed E-state index contributed by atoms with van der Waals surface area (Å²) in [6.45, 7) is 9.04. The second-order valence-corrected chi connectivity index (χ2v) is 10.8. The van der Waals surface area contributed by atoms with Crippen LogP contribution in [0.2, 0.25) is 0 Å². The van der Waals surface area contributed by atoms with E-state index in [-0.39, 0.29) is 71.8 Å². The molecule has 0 radical (unpaired) electrons. The fourth-order valence-electron chi connectivity index (χ4n) is 4.60. The molecule has 0 saturated carbocycles. The number of halogens is 1. The number of Topliss-reactive ketones (excluding diaryl/α,β-unsaturated/α-hetero) is 1. The monoisotopic (exact) mass is 632 g/mol. The quantitative estimate of drug-likeness (QED) is 0.224. The highest BCUT2D eigenvalue weighted by atomic mass is 79.9. The van der Waals surface area contributed by atoms with Gasteiger partial charge in [-0.05, 0) is 48.6 Å². The van der Waals surface area contributed by atoms with Gasteiger partial charge < -0.3 is 30.2 Å². The van der Waals surface area contributed by atoms with Gasteiger partial charge in [0, 0.05) is 42.3 Å². The number of ether oxygens (including phenoxy) is 3. The number of nitrogens with one attached hydrogen (secondary N) is 2. The molecule has 10 nitrogen and oxygen atoms in total. The number of hydrogen-bond acceptors (Lipinski definition) is 7. The summed E-state index contributed by atoms with van der Waals surface area (Å²) in [4.78, 5) is 38.4. The van der Waals surface area contributed by atoms with Crippen molar-refractivity contribution < 1.29 is 28.6 Å². The Morgan fingerprint density at radius 3 is 2.39 bits per heavy atom. The van der Waals surface area contributed by atoms with E-state index in [1.54, 1.807) is 18.0 Å². The third-order valence-electron chi connectivity index (χ3n) is 6.70. The number of primary amides is 1. The van der Waals surface area contributed by atoms with Crippen LogP contribution in [0, 0.1) is 5.41 Å². The molecule has 11 heteroatoms. The summed E-state index contributed by atoms with van der Waals surface area (Å²) < 4.78 is 17.4.